The molecule has 1 amide bonds. The summed E-state index contributed by atoms with van der Waals surface area (Å²) in [5.41, 5.74) is 1.03. The first kappa shape index (κ1) is 16.1. The maximum Gasteiger partial charge on any atom is 0.342 e. The molecule has 1 saturated heterocycles. The molecule has 9 heteroatoms. The third kappa shape index (κ3) is 3.12. The Hall–Kier alpha value is -2.78. The monoisotopic (exact) mass is 331 g/mol. The number of rotatable bonds is 6. The van der Waals surface area contributed by atoms with Crippen molar-refractivity contribution in [3.05, 3.63) is 58.0 Å². The van der Waals surface area contributed by atoms with Gasteiger partial charge in [-0.3, -0.25) is 9.63 Å². The van der Waals surface area contributed by atoms with Crippen molar-refractivity contribution in [2.45, 2.75) is 25.2 Å². The van der Waals surface area contributed by atoms with Crippen molar-refractivity contribution in [3.63, 3.8) is 0 Å². The van der Waals surface area contributed by atoms with Gasteiger partial charge in [-0.05, 0) is 10.5 Å². The van der Waals surface area contributed by atoms with E-state index in [1.54, 1.807) is 12.1 Å². The van der Waals surface area contributed by atoms with Crippen molar-refractivity contribution in [3.8, 4) is 0 Å². The van der Waals surface area contributed by atoms with Gasteiger partial charge in [0, 0.05) is 6.42 Å². The van der Waals surface area contributed by atoms with E-state index in [0.29, 0.717) is 25.2 Å². The fourth-order valence-electron chi connectivity index (χ4n) is 2.81. The molecular formula is C15H17N5O4. The first-order valence-electron chi connectivity index (χ1n) is 7.43. The molecule has 2 aromatic rings. The summed E-state index contributed by atoms with van der Waals surface area (Å²) < 4.78 is 1.44. The highest BCUT2D eigenvalue weighted by molar-refractivity contribution is 5.46. The van der Waals surface area contributed by atoms with Crippen LogP contribution in [-0.2, 0) is 23.2 Å². The Bertz CT molecular complexity index is 733. The van der Waals surface area contributed by atoms with Gasteiger partial charge in [0.1, 0.15) is 12.2 Å². The molecule has 1 N–H and O–H groups in total. The van der Waals surface area contributed by atoms with E-state index in [9.17, 15) is 14.9 Å². The number of hydroxylamine groups is 2. The number of carbonyl (C=O) groups excluding carboxylic acids is 1. The Morgan fingerprint density at radius 3 is 2.83 bits per heavy atom. The van der Waals surface area contributed by atoms with Crippen LogP contribution < -0.4 is 5.32 Å². The van der Waals surface area contributed by atoms with Crippen molar-refractivity contribution in [2.75, 3.05) is 0 Å². The van der Waals surface area contributed by atoms with E-state index in [2.05, 4.69) is 10.3 Å². The summed E-state index contributed by atoms with van der Waals surface area (Å²) in [7, 11) is 1.60. The molecule has 2 unspecified atom stereocenters. The Balaban J connectivity index is 1.87. The highest BCUT2D eigenvalue weighted by atomic mass is 16.7. The van der Waals surface area contributed by atoms with Gasteiger partial charge in [-0.15, -0.1) is 0 Å². The third-order valence-corrected chi connectivity index (χ3v) is 3.97. The lowest BCUT2D eigenvalue weighted by atomic mass is 10.1. The minimum absolute atomic E-state index is 0.0866. The van der Waals surface area contributed by atoms with Crippen molar-refractivity contribution in [1.82, 2.24) is 19.9 Å². The van der Waals surface area contributed by atoms with Gasteiger partial charge in [0.05, 0.1) is 13.6 Å². The summed E-state index contributed by atoms with van der Waals surface area (Å²) in [6.45, 7) is 0.475. The van der Waals surface area contributed by atoms with Crippen molar-refractivity contribution in [2.24, 2.45) is 7.05 Å². The number of aromatic nitrogens is 2. The smallest absolute Gasteiger partial charge is 0.342 e. The summed E-state index contributed by atoms with van der Waals surface area (Å²) in [4.78, 5) is 31.2. The van der Waals surface area contributed by atoms with E-state index in [-0.39, 0.29) is 11.9 Å². The first-order chi connectivity index (χ1) is 11.6. The molecule has 1 aliphatic heterocycles. The van der Waals surface area contributed by atoms with Crippen LogP contribution in [0.5, 0.6) is 0 Å². The van der Waals surface area contributed by atoms with E-state index in [4.69, 9.17) is 4.84 Å². The number of amides is 1. The SMILES string of the molecule is Cn1c([N+](=O)[O-])cnc1C1CC(NC=O)ON1Cc1ccccc1. The zero-order valence-electron chi connectivity index (χ0n) is 13.0. The van der Waals surface area contributed by atoms with Gasteiger partial charge in [-0.1, -0.05) is 30.3 Å². The summed E-state index contributed by atoms with van der Waals surface area (Å²) in [5.74, 6) is 0.435. The van der Waals surface area contributed by atoms with E-state index in [1.807, 2.05) is 30.3 Å². The fraction of sp³-hybridized carbons (Fsp3) is 0.333. The average molecular weight is 331 g/mol. The summed E-state index contributed by atoms with van der Waals surface area (Å²) in [6, 6.07) is 9.38. The van der Waals surface area contributed by atoms with Crippen LogP contribution in [0.15, 0.2) is 36.5 Å². The minimum Gasteiger partial charge on any atom is -0.358 e. The quantitative estimate of drug-likeness (QED) is 0.486. The Kier molecular flexibility index (Phi) is 4.54. The largest absolute Gasteiger partial charge is 0.358 e. The van der Waals surface area contributed by atoms with Crippen LogP contribution in [0.4, 0.5) is 5.82 Å². The van der Waals surface area contributed by atoms with Gasteiger partial charge in [-0.2, -0.15) is 5.06 Å². The number of nitrogens with one attached hydrogen (secondary N) is 1. The third-order valence-electron chi connectivity index (χ3n) is 3.97. The molecule has 2 heterocycles. The summed E-state index contributed by atoms with van der Waals surface area (Å²) in [5, 5.41) is 15.3. The number of benzene rings is 1. The molecule has 1 fully saturated rings. The van der Waals surface area contributed by atoms with Gasteiger partial charge in [0.15, 0.2) is 6.23 Å². The van der Waals surface area contributed by atoms with Crippen LogP contribution in [0.1, 0.15) is 23.9 Å². The summed E-state index contributed by atoms with van der Waals surface area (Å²) in [6.07, 6.45) is 1.77. The molecule has 126 valence electrons. The van der Waals surface area contributed by atoms with E-state index in [0.717, 1.165) is 5.56 Å². The van der Waals surface area contributed by atoms with Gasteiger partial charge < -0.3 is 15.4 Å². The standard InChI is InChI=1S/C15H17N5O4/c1-18-14(20(22)23)8-16-15(18)12-7-13(17-10-21)24-19(12)9-11-5-3-2-4-6-11/h2-6,8,10,12-13H,7,9H2,1H3,(H,17,21). The van der Waals surface area contributed by atoms with Crippen molar-refractivity contribution >= 4 is 12.2 Å². The number of hydrogen-bond acceptors (Lipinski definition) is 6. The molecular weight excluding hydrogens is 314 g/mol. The van der Waals surface area contributed by atoms with Gasteiger partial charge in [0.25, 0.3) is 0 Å². The Morgan fingerprint density at radius 2 is 2.21 bits per heavy atom. The number of imidazole rings is 1. The topological polar surface area (TPSA) is 103 Å². The molecule has 0 spiro atoms. The molecule has 3 rings (SSSR count). The fourth-order valence-corrected chi connectivity index (χ4v) is 2.81. The second-order valence-electron chi connectivity index (χ2n) is 5.48. The molecule has 9 nitrogen and oxygen atoms in total. The zero-order valence-corrected chi connectivity index (χ0v) is 13.0. The maximum absolute atomic E-state index is 11.0. The minimum atomic E-state index is -0.494. The number of hydrogen-bond donors (Lipinski definition) is 1. The molecule has 1 aromatic heterocycles. The Labute approximate surface area is 138 Å². The van der Waals surface area contributed by atoms with Crippen molar-refractivity contribution in [1.29, 1.82) is 0 Å². The molecule has 0 radical (unpaired) electrons. The molecule has 0 aliphatic carbocycles. The van der Waals surface area contributed by atoms with Gasteiger partial charge >= 0.3 is 5.82 Å². The van der Waals surface area contributed by atoms with E-state index in [1.165, 1.54) is 10.8 Å². The molecule has 2 atom stereocenters. The van der Waals surface area contributed by atoms with Crippen LogP contribution >= 0.6 is 0 Å². The van der Waals surface area contributed by atoms with Gasteiger partial charge in [-0.25, -0.2) is 9.55 Å². The Morgan fingerprint density at radius 1 is 1.46 bits per heavy atom. The second kappa shape index (κ2) is 6.77. The summed E-state index contributed by atoms with van der Waals surface area (Å²) >= 11 is 0. The first-order valence-corrected chi connectivity index (χ1v) is 7.43. The lowest BCUT2D eigenvalue weighted by Gasteiger charge is -2.20. The zero-order chi connectivity index (χ0) is 17.1. The molecule has 0 bridgehead atoms. The lowest BCUT2D eigenvalue weighted by Crippen LogP contribution is -2.29. The van der Waals surface area contributed by atoms with Crippen LogP contribution in [0.2, 0.25) is 0 Å². The molecule has 24 heavy (non-hydrogen) atoms. The number of carbonyl (C=O) groups is 1. The highest BCUT2D eigenvalue weighted by Gasteiger charge is 2.39. The maximum atomic E-state index is 11.0. The molecule has 1 aliphatic rings. The van der Waals surface area contributed by atoms with E-state index >= 15 is 0 Å². The van der Waals surface area contributed by atoms with Crippen LogP contribution in [0.25, 0.3) is 0 Å². The van der Waals surface area contributed by atoms with E-state index < -0.39 is 11.2 Å². The second-order valence-corrected chi connectivity index (χ2v) is 5.48. The average Bonchev–Trinajstić information content (AvgIpc) is 3.12. The molecule has 0 saturated carbocycles. The van der Waals surface area contributed by atoms with Crippen LogP contribution in [0, 0.1) is 10.1 Å². The lowest BCUT2D eigenvalue weighted by molar-refractivity contribution is -0.391. The highest BCUT2D eigenvalue weighted by Crippen LogP contribution is 2.34. The predicted molar refractivity (Wildman–Crippen MR) is 83.3 cm³/mol. The van der Waals surface area contributed by atoms with Crippen LogP contribution in [-0.4, -0.2) is 32.2 Å². The number of nitro groups is 1. The van der Waals surface area contributed by atoms with Crippen molar-refractivity contribution < 1.29 is 14.6 Å². The van der Waals surface area contributed by atoms with Crippen LogP contribution in [0.3, 0.4) is 0 Å². The molecule has 1 aromatic carbocycles. The normalized spacial score (nSPS) is 20.9. The number of nitrogens with zero attached hydrogens (tertiary/aromatic N) is 4. The predicted octanol–water partition coefficient (Wildman–Crippen LogP) is 1.28. The van der Waals surface area contributed by atoms with Gasteiger partial charge in [0.2, 0.25) is 12.2 Å².